The molecule has 0 spiro atoms. The molecule has 172 valence electrons. The summed E-state index contributed by atoms with van der Waals surface area (Å²) in [6.07, 6.45) is 9.12. The van der Waals surface area contributed by atoms with E-state index < -0.39 is 0 Å². The molecule has 2 saturated heterocycles. The normalized spacial score (nSPS) is 41.3. The lowest BCUT2D eigenvalue weighted by Crippen LogP contribution is -2.70. The second-order valence-electron chi connectivity index (χ2n) is 12.0. The first-order chi connectivity index (χ1) is 15.5. The Labute approximate surface area is 192 Å². The molecular formula is C27H37N3O2. The predicted octanol–water partition coefficient (Wildman–Crippen LogP) is 3.76. The molecule has 6 aliphatic rings. The van der Waals surface area contributed by atoms with Crippen molar-refractivity contribution in [1.29, 1.82) is 0 Å². The second kappa shape index (κ2) is 6.43. The van der Waals surface area contributed by atoms with Gasteiger partial charge in [-0.2, -0.15) is 0 Å². The number of carbonyl (C=O) groups excluding carboxylic acids is 1. The van der Waals surface area contributed by atoms with Gasteiger partial charge in [0.1, 0.15) is 5.75 Å². The number of rotatable bonds is 3. The van der Waals surface area contributed by atoms with Crippen LogP contribution in [0.5, 0.6) is 5.75 Å². The first-order valence-electron chi connectivity index (χ1n) is 12.9. The number of carbonyl (C=O) groups is 1. The van der Waals surface area contributed by atoms with E-state index in [-0.39, 0.29) is 11.4 Å². The van der Waals surface area contributed by atoms with Crippen LogP contribution in [0.3, 0.4) is 0 Å². The summed E-state index contributed by atoms with van der Waals surface area (Å²) in [6.45, 7) is 3.51. The highest BCUT2D eigenvalue weighted by atomic mass is 16.5. The highest BCUT2D eigenvalue weighted by molar-refractivity contribution is 5.75. The fraction of sp³-hybridized carbons (Fsp3) is 0.741. The topological polar surface area (TPSA) is 36.0 Å². The van der Waals surface area contributed by atoms with Gasteiger partial charge in [-0.3, -0.25) is 4.90 Å². The van der Waals surface area contributed by atoms with Crippen LogP contribution in [0.4, 0.5) is 4.79 Å². The zero-order valence-corrected chi connectivity index (χ0v) is 19.8. The van der Waals surface area contributed by atoms with Crippen LogP contribution >= 0.6 is 0 Å². The monoisotopic (exact) mass is 435 g/mol. The SMILES string of the molecule is COc1ccc2c(c1)C13CCN(CC4CC4)C(C2)C12CCC1C3[C@@H](CN1C(=O)N(C)C)C2. The summed E-state index contributed by atoms with van der Waals surface area (Å²) in [5.74, 6) is 3.20. The highest BCUT2D eigenvalue weighted by Crippen LogP contribution is 2.75. The standard InChI is InChI=1S/C27H37N3O2/c1-28(2)25(31)30-16-19-14-26-9-8-22(30)24(19)27(26)10-11-29(15-17-4-5-17)23(26)12-18-6-7-20(32-3)13-21(18)27/h6-7,13,17,19,22-24H,4-5,8-12,14-16H2,1-3H3/t19-,22?,23?,24?,26?,27?/m1/s1. The van der Waals surface area contributed by atoms with Crippen LogP contribution in [0.15, 0.2) is 18.2 Å². The molecule has 3 saturated carbocycles. The van der Waals surface area contributed by atoms with Gasteiger partial charge in [0.25, 0.3) is 0 Å². The minimum absolute atomic E-state index is 0.217. The van der Waals surface area contributed by atoms with Crippen molar-refractivity contribution in [3.05, 3.63) is 29.3 Å². The van der Waals surface area contributed by atoms with E-state index >= 15 is 0 Å². The predicted molar refractivity (Wildman–Crippen MR) is 124 cm³/mol. The van der Waals surface area contributed by atoms with E-state index in [2.05, 4.69) is 28.0 Å². The average Bonchev–Trinajstić information content (AvgIpc) is 3.48. The minimum Gasteiger partial charge on any atom is -0.497 e. The van der Waals surface area contributed by atoms with E-state index in [4.69, 9.17) is 4.74 Å². The van der Waals surface area contributed by atoms with Crippen LogP contribution in [-0.4, -0.2) is 73.7 Å². The zero-order chi connectivity index (χ0) is 21.8. The molecule has 32 heavy (non-hydrogen) atoms. The molecule has 1 aromatic carbocycles. The van der Waals surface area contributed by atoms with Crippen molar-refractivity contribution in [3.8, 4) is 5.75 Å². The van der Waals surface area contributed by atoms with Gasteiger partial charge in [0.2, 0.25) is 0 Å². The smallest absolute Gasteiger partial charge is 0.319 e. The summed E-state index contributed by atoms with van der Waals surface area (Å²) in [7, 11) is 5.62. The van der Waals surface area contributed by atoms with Crippen LogP contribution < -0.4 is 4.74 Å². The molecule has 4 bridgehead atoms. The quantitative estimate of drug-likeness (QED) is 0.725. The van der Waals surface area contributed by atoms with Gasteiger partial charge < -0.3 is 14.5 Å². The molecule has 0 aromatic heterocycles. The van der Waals surface area contributed by atoms with Crippen LogP contribution in [-0.2, 0) is 11.8 Å². The Kier molecular flexibility index (Phi) is 3.96. The van der Waals surface area contributed by atoms with E-state index in [1.165, 1.54) is 58.0 Å². The Morgan fingerprint density at radius 3 is 2.81 bits per heavy atom. The number of likely N-dealkylation sites (tertiary alicyclic amines) is 2. The lowest BCUT2D eigenvalue weighted by Gasteiger charge is -2.66. The Hall–Kier alpha value is -1.75. The third-order valence-electron chi connectivity index (χ3n) is 10.6. The van der Waals surface area contributed by atoms with E-state index in [0.717, 1.165) is 18.2 Å². The molecule has 2 heterocycles. The summed E-state index contributed by atoms with van der Waals surface area (Å²) in [4.78, 5) is 20.1. The number of methoxy groups -OCH3 is 1. The maximum atomic E-state index is 13.1. The van der Waals surface area contributed by atoms with Crippen molar-refractivity contribution in [3.63, 3.8) is 0 Å². The maximum absolute atomic E-state index is 13.1. The third-order valence-corrected chi connectivity index (χ3v) is 10.6. The summed E-state index contributed by atoms with van der Waals surface area (Å²) in [6, 6.07) is 8.25. The highest BCUT2D eigenvalue weighted by Gasteiger charge is 2.76. The third kappa shape index (κ3) is 2.26. The number of amides is 2. The number of nitrogens with zero attached hydrogens (tertiary/aromatic N) is 3. The van der Waals surface area contributed by atoms with Crippen molar-refractivity contribution in [1.82, 2.24) is 14.7 Å². The van der Waals surface area contributed by atoms with Gasteiger partial charge in [-0.05, 0) is 97.9 Å². The molecule has 1 aromatic rings. The van der Waals surface area contributed by atoms with Gasteiger partial charge in [0.05, 0.1) is 7.11 Å². The largest absolute Gasteiger partial charge is 0.497 e. The van der Waals surface area contributed by atoms with Crippen molar-refractivity contribution in [2.75, 3.05) is 40.8 Å². The number of hydrogen-bond donors (Lipinski definition) is 0. The molecule has 0 N–H and O–H groups in total. The minimum atomic E-state index is 0.217. The van der Waals surface area contributed by atoms with E-state index in [1.807, 2.05) is 14.1 Å². The molecule has 5 fully saturated rings. The average molecular weight is 436 g/mol. The lowest BCUT2D eigenvalue weighted by molar-refractivity contribution is -0.102. The summed E-state index contributed by atoms with van der Waals surface area (Å²) in [5, 5.41) is 0. The van der Waals surface area contributed by atoms with E-state index in [0.29, 0.717) is 29.3 Å². The van der Waals surface area contributed by atoms with Crippen LogP contribution in [0, 0.1) is 23.2 Å². The Morgan fingerprint density at radius 1 is 1.22 bits per heavy atom. The molecule has 5 unspecified atom stereocenters. The van der Waals surface area contributed by atoms with Crippen molar-refractivity contribution >= 4 is 6.03 Å². The van der Waals surface area contributed by atoms with E-state index in [9.17, 15) is 4.79 Å². The molecule has 4 aliphatic carbocycles. The molecule has 2 amide bonds. The summed E-state index contributed by atoms with van der Waals surface area (Å²) >= 11 is 0. The first-order valence-corrected chi connectivity index (χ1v) is 12.9. The lowest BCUT2D eigenvalue weighted by atomic mass is 9.43. The fourth-order valence-electron chi connectivity index (χ4n) is 9.54. The Balaban J connectivity index is 1.38. The zero-order valence-electron chi connectivity index (χ0n) is 19.8. The van der Waals surface area contributed by atoms with Crippen molar-refractivity contribution in [2.45, 2.75) is 62.4 Å². The Morgan fingerprint density at radius 2 is 2.06 bits per heavy atom. The number of piperidine rings is 1. The maximum Gasteiger partial charge on any atom is 0.319 e. The number of hydrogen-bond acceptors (Lipinski definition) is 3. The summed E-state index contributed by atoms with van der Waals surface area (Å²) in [5.41, 5.74) is 3.76. The van der Waals surface area contributed by atoms with Gasteiger partial charge in [-0.1, -0.05) is 6.07 Å². The molecule has 5 nitrogen and oxygen atoms in total. The molecule has 5 heteroatoms. The molecule has 7 rings (SSSR count). The molecule has 6 atom stereocenters. The van der Waals surface area contributed by atoms with Crippen LogP contribution in [0.1, 0.15) is 49.7 Å². The molecule has 2 aliphatic heterocycles. The number of urea groups is 1. The van der Waals surface area contributed by atoms with Gasteiger partial charge in [0, 0.05) is 44.7 Å². The molecular weight excluding hydrogens is 398 g/mol. The molecule has 0 radical (unpaired) electrons. The number of fused-ring (bicyclic) bond motifs is 1. The fourth-order valence-corrected chi connectivity index (χ4v) is 9.54. The van der Waals surface area contributed by atoms with Crippen LogP contribution in [0.2, 0.25) is 0 Å². The van der Waals surface area contributed by atoms with Gasteiger partial charge >= 0.3 is 6.03 Å². The second-order valence-corrected chi connectivity index (χ2v) is 12.0. The van der Waals surface area contributed by atoms with Crippen molar-refractivity contribution < 1.29 is 9.53 Å². The van der Waals surface area contributed by atoms with Gasteiger partial charge in [0.15, 0.2) is 0 Å². The van der Waals surface area contributed by atoms with Crippen molar-refractivity contribution in [2.24, 2.45) is 23.2 Å². The number of benzene rings is 1. The Bertz CT molecular complexity index is 974. The first kappa shape index (κ1) is 19.7. The van der Waals surface area contributed by atoms with Gasteiger partial charge in [-0.15, -0.1) is 0 Å². The summed E-state index contributed by atoms with van der Waals surface area (Å²) < 4.78 is 5.74. The van der Waals surface area contributed by atoms with Gasteiger partial charge in [-0.25, -0.2) is 4.79 Å². The van der Waals surface area contributed by atoms with Crippen LogP contribution in [0.25, 0.3) is 0 Å². The van der Waals surface area contributed by atoms with E-state index in [1.54, 1.807) is 23.1 Å². The number of ether oxygens (including phenoxy) is 1.